The first-order chi connectivity index (χ1) is 22.7. The summed E-state index contributed by atoms with van der Waals surface area (Å²) >= 11 is 1.22. The Bertz CT molecular complexity index is 2010. The van der Waals surface area contributed by atoms with Crippen molar-refractivity contribution < 1.29 is 28.7 Å². The van der Waals surface area contributed by atoms with Gasteiger partial charge in [0.1, 0.15) is 19.0 Å². The van der Waals surface area contributed by atoms with Crippen molar-refractivity contribution in [3.8, 4) is 17.2 Å². The lowest BCUT2D eigenvalue weighted by atomic mass is 9.96. The van der Waals surface area contributed by atoms with Crippen LogP contribution in [0.5, 0.6) is 17.2 Å². The molecule has 0 aliphatic carbocycles. The van der Waals surface area contributed by atoms with Gasteiger partial charge in [-0.15, -0.1) is 0 Å². The van der Waals surface area contributed by atoms with Gasteiger partial charge in [0.05, 0.1) is 40.0 Å². The number of nitro benzene ring substituents is 1. The lowest BCUT2D eigenvalue weighted by molar-refractivity contribution is -0.384. The highest BCUT2D eigenvalue weighted by Crippen LogP contribution is 2.32. The van der Waals surface area contributed by atoms with Gasteiger partial charge in [0.15, 0.2) is 16.3 Å². The number of ether oxygens (including phenoxy) is 4. The molecular formula is C35H33N3O8S. The molecule has 0 spiro atoms. The Kier molecular flexibility index (Phi) is 10.3. The number of aromatic nitrogens is 1. The van der Waals surface area contributed by atoms with E-state index in [9.17, 15) is 19.7 Å². The minimum atomic E-state index is -0.755. The number of carbonyl (C=O) groups is 1. The molecule has 0 bridgehead atoms. The number of hydrogen-bond acceptors (Lipinski definition) is 10. The maximum absolute atomic E-state index is 14.0. The molecule has 242 valence electrons. The molecule has 4 aromatic rings. The van der Waals surface area contributed by atoms with Gasteiger partial charge in [0.25, 0.3) is 11.2 Å². The van der Waals surface area contributed by atoms with Crippen LogP contribution in [0.2, 0.25) is 0 Å². The first kappa shape index (κ1) is 32.9. The van der Waals surface area contributed by atoms with Gasteiger partial charge in [-0.3, -0.25) is 19.5 Å². The third kappa shape index (κ3) is 7.33. The van der Waals surface area contributed by atoms with E-state index in [1.807, 2.05) is 19.1 Å². The van der Waals surface area contributed by atoms with E-state index in [2.05, 4.69) is 11.6 Å². The van der Waals surface area contributed by atoms with E-state index >= 15 is 0 Å². The van der Waals surface area contributed by atoms with Crippen molar-refractivity contribution >= 4 is 29.1 Å². The number of carbonyl (C=O) groups excluding carboxylic acids is 1. The van der Waals surface area contributed by atoms with Gasteiger partial charge < -0.3 is 18.9 Å². The Balaban J connectivity index is 1.50. The van der Waals surface area contributed by atoms with Gasteiger partial charge in [0.2, 0.25) is 0 Å². The molecule has 0 saturated heterocycles. The summed E-state index contributed by atoms with van der Waals surface area (Å²) in [5.41, 5.74) is 2.62. The van der Waals surface area contributed by atoms with Crippen LogP contribution in [-0.2, 0) is 16.1 Å². The van der Waals surface area contributed by atoms with E-state index < -0.39 is 16.9 Å². The Labute approximate surface area is 274 Å². The Morgan fingerprint density at radius 2 is 1.77 bits per heavy atom. The number of esters is 1. The molecular weight excluding hydrogens is 622 g/mol. The molecule has 1 aliphatic rings. The number of allylic oxidation sites excluding steroid dienone is 1. The van der Waals surface area contributed by atoms with Crippen LogP contribution in [0.3, 0.4) is 0 Å². The molecule has 5 rings (SSSR count). The van der Waals surface area contributed by atoms with Gasteiger partial charge in [-0.25, -0.2) is 9.79 Å². The van der Waals surface area contributed by atoms with Crippen molar-refractivity contribution in [3.05, 3.63) is 137 Å². The highest BCUT2D eigenvalue weighted by atomic mass is 32.1. The highest BCUT2D eigenvalue weighted by molar-refractivity contribution is 7.07. The maximum Gasteiger partial charge on any atom is 0.338 e. The molecule has 0 fully saturated rings. The van der Waals surface area contributed by atoms with E-state index in [0.29, 0.717) is 62.2 Å². The second kappa shape index (κ2) is 14.7. The largest absolute Gasteiger partial charge is 0.490 e. The number of non-ortho nitro benzene ring substituents is 1. The maximum atomic E-state index is 14.0. The predicted molar refractivity (Wildman–Crippen MR) is 178 cm³/mol. The quantitative estimate of drug-likeness (QED) is 0.0826. The van der Waals surface area contributed by atoms with Crippen molar-refractivity contribution in [3.63, 3.8) is 0 Å². The summed E-state index contributed by atoms with van der Waals surface area (Å²) < 4.78 is 24.8. The normalized spacial score (nSPS) is 14.2. The molecule has 0 radical (unpaired) electrons. The van der Waals surface area contributed by atoms with E-state index in [1.54, 1.807) is 68.5 Å². The molecule has 1 atom stereocenters. The zero-order chi connectivity index (χ0) is 33.5. The second-order valence-electron chi connectivity index (χ2n) is 10.3. The molecule has 0 unspecified atom stereocenters. The Morgan fingerprint density at radius 3 is 2.43 bits per heavy atom. The summed E-state index contributed by atoms with van der Waals surface area (Å²) in [5, 5.41) is 11.0. The molecule has 47 heavy (non-hydrogen) atoms. The van der Waals surface area contributed by atoms with Crippen LogP contribution in [0.1, 0.15) is 43.5 Å². The summed E-state index contributed by atoms with van der Waals surface area (Å²) in [6.45, 7) is 10.1. The van der Waals surface area contributed by atoms with Crippen molar-refractivity contribution in [1.82, 2.24) is 4.57 Å². The first-order valence-electron chi connectivity index (χ1n) is 14.9. The third-order valence-electron chi connectivity index (χ3n) is 7.19. The van der Waals surface area contributed by atoms with Crippen LogP contribution in [0.25, 0.3) is 6.08 Å². The zero-order valence-electron chi connectivity index (χ0n) is 26.1. The van der Waals surface area contributed by atoms with E-state index in [4.69, 9.17) is 18.9 Å². The number of benzene rings is 3. The van der Waals surface area contributed by atoms with Crippen LogP contribution in [0.4, 0.5) is 5.69 Å². The van der Waals surface area contributed by atoms with Crippen LogP contribution in [-0.4, -0.2) is 35.3 Å². The fraction of sp³-hybridized carbons (Fsp3) is 0.229. The summed E-state index contributed by atoms with van der Waals surface area (Å²) in [5.74, 6) is 1.06. The Morgan fingerprint density at radius 1 is 1.02 bits per heavy atom. The summed E-state index contributed by atoms with van der Waals surface area (Å²) in [7, 11) is 0. The lowest BCUT2D eigenvalue weighted by Crippen LogP contribution is -2.39. The molecule has 2 heterocycles. The van der Waals surface area contributed by atoms with E-state index in [-0.39, 0.29) is 24.5 Å². The average Bonchev–Trinajstić information content (AvgIpc) is 3.37. The van der Waals surface area contributed by atoms with Gasteiger partial charge in [0, 0.05) is 12.1 Å². The number of hydrogen-bond donors (Lipinski definition) is 0. The van der Waals surface area contributed by atoms with Crippen molar-refractivity contribution in [1.29, 1.82) is 0 Å². The molecule has 12 heteroatoms. The van der Waals surface area contributed by atoms with Crippen molar-refractivity contribution in [2.24, 2.45) is 4.99 Å². The van der Waals surface area contributed by atoms with Crippen LogP contribution < -0.4 is 29.1 Å². The van der Waals surface area contributed by atoms with Crippen LogP contribution in [0, 0.1) is 10.1 Å². The summed E-state index contributed by atoms with van der Waals surface area (Å²) in [6, 6.07) is 17.9. The minimum Gasteiger partial charge on any atom is -0.490 e. The van der Waals surface area contributed by atoms with Gasteiger partial charge in [-0.2, -0.15) is 0 Å². The monoisotopic (exact) mass is 655 g/mol. The topological polar surface area (TPSA) is 131 Å². The number of rotatable bonds is 13. The number of nitrogens with zero attached hydrogens (tertiary/aromatic N) is 3. The molecule has 1 aliphatic heterocycles. The van der Waals surface area contributed by atoms with Crippen LogP contribution >= 0.6 is 11.3 Å². The van der Waals surface area contributed by atoms with Crippen molar-refractivity contribution in [2.45, 2.75) is 33.4 Å². The average molecular weight is 656 g/mol. The lowest BCUT2D eigenvalue weighted by Gasteiger charge is -2.24. The third-order valence-corrected chi connectivity index (χ3v) is 8.17. The van der Waals surface area contributed by atoms with E-state index in [0.717, 1.165) is 5.56 Å². The fourth-order valence-corrected chi connectivity index (χ4v) is 6.08. The molecule has 0 N–H and O–H groups in total. The second-order valence-corrected chi connectivity index (χ2v) is 11.3. The molecule has 3 aromatic carbocycles. The van der Waals surface area contributed by atoms with Gasteiger partial charge in [-0.05, 0) is 79.9 Å². The highest BCUT2D eigenvalue weighted by Gasteiger charge is 2.33. The smallest absolute Gasteiger partial charge is 0.338 e. The standard InChI is InChI=1S/C35H33N3O8S/c1-5-18-45-27-15-11-25(12-16-27)32-31(34(40)44-7-3)22(4)36-35-37(32)33(39)30(47-35)20-24-10-17-28(29(19-24)43-6-2)46-21-23-8-13-26(14-9-23)38(41)42/h5,8-17,19-20,32H,1,6-7,18,21H2,2-4H3/b30-20-/t32-/m0/s1. The first-order valence-corrected chi connectivity index (χ1v) is 15.7. The molecule has 0 amide bonds. The SMILES string of the molecule is C=CCOc1ccc([C@H]2C(C(=O)OCC)=C(C)N=c3s/c(=C\c4ccc(OCc5ccc([N+](=O)[O-])cc5)c(OCC)c4)c(=O)n32)cc1. The molecule has 1 aromatic heterocycles. The minimum absolute atomic E-state index is 0.00347. The fourth-order valence-electron chi connectivity index (χ4n) is 5.04. The summed E-state index contributed by atoms with van der Waals surface area (Å²) in [4.78, 5) is 42.8. The number of nitro groups is 1. The number of thiazole rings is 1. The molecule has 11 nitrogen and oxygen atoms in total. The van der Waals surface area contributed by atoms with Gasteiger partial charge >= 0.3 is 5.97 Å². The van der Waals surface area contributed by atoms with Crippen LogP contribution in [0.15, 0.2) is 100 Å². The van der Waals surface area contributed by atoms with E-state index in [1.165, 1.54) is 28.0 Å². The number of fused-ring (bicyclic) bond motifs is 1. The summed E-state index contributed by atoms with van der Waals surface area (Å²) in [6.07, 6.45) is 3.40. The van der Waals surface area contributed by atoms with Gasteiger partial charge in [-0.1, -0.05) is 42.2 Å². The zero-order valence-corrected chi connectivity index (χ0v) is 27.0. The van der Waals surface area contributed by atoms with Crippen molar-refractivity contribution in [2.75, 3.05) is 19.8 Å². The Hall–Kier alpha value is -5.49. The predicted octanol–water partition coefficient (Wildman–Crippen LogP) is 5.25. The molecule has 0 saturated carbocycles.